The van der Waals surface area contributed by atoms with E-state index in [9.17, 15) is 24.9 Å². The van der Waals surface area contributed by atoms with E-state index < -0.39 is 23.0 Å². The molecule has 130 valence electrons. The van der Waals surface area contributed by atoms with E-state index in [1.54, 1.807) is 49.4 Å². The molecule has 5 nitrogen and oxygen atoms in total. The first kappa shape index (κ1) is 17.2. The third kappa shape index (κ3) is 3.02. The van der Waals surface area contributed by atoms with Crippen LogP contribution in [0.25, 0.3) is 0 Å². The highest BCUT2D eigenvalue weighted by Crippen LogP contribution is 2.38. The van der Waals surface area contributed by atoms with Crippen LogP contribution in [0.5, 0.6) is 17.2 Å². The van der Waals surface area contributed by atoms with Gasteiger partial charge in [0.2, 0.25) is 5.75 Å². The highest BCUT2D eigenvalue weighted by molar-refractivity contribution is 6.20. The molecule has 26 heavy (non-hydrogen) atoms. The molecule has 0 heterocycles. The lowest BCUT2D eigenvalue weighted by Crippen LogP contribution is -2.11. The Hall–Kier alpha value is -3.60. The Morgan fingerprint density at radius 2 is 1.35 bits per heavy atom. The van der Waals surface area contributed by atoms with Gasteiger partial charge in [0.25, 0.3) is 0 Å². The van der Waals surface area contributed by atoms with Gasteiger partial charge in [0.15, 0.2) is 23.1 Å². The van der Waals surface area contributed by atoms with Gasteiger partial charge in [0.1, 0.15) is 0 Å². The van der Waals surface area contributed by atoms with E-state index in [-0.39, 0.29) is 22.5 Å². The molecular formula is C21H16O5. The largest absolute Gasteiger partial charge is 0.504 e. The number of hydrogen-bond donors (Lipinski definition) is 3. The Morgan fingerprint density at radius 1 is 0.692 bits per heavy atom. The van der Waals surface area contributed by atoms with Gasteiger partial charge >= 0.3 is 0 Å². The summed E-state index contributed by atoms with van der Waals surface area (Å²) in [5.41, 5.74) is 1.34. The number of rotatable bonds is 4. The summed E-state index contributed by atoms with van der Waals surface area (Å²) < 4.78 is 0. The maximum atomic E-state index is 12.9. The molecule has 0 fully saturated rings. The van der Waals surface area contributed by atoms with Crippen molar-refractivity contribution in [1.82, 2.24) is 0 Å². The third-order valence-corrected chi connectivity index (χ3v) is 4.07. The molecule has 0 atom stereocenters. The zero-order valence-corrected chi connectivity index (χ0v) is 13.9. The van der Waals surface area contributed by atoms with E-state index in [0.717, 1.165) is 11.6 Å². The molecule has 0 saturated heterocycles. The first-order chi connectivity index (χ1) is 12.4. The van der Waals surface area contributed by atoms with Crippen LogP contribution in [0.15, 0.2) is 60.7 Å². The number of hydrogen-bond acceptors (Lipinski definition) is 5. The fourth-order valence-corrected chi connectivity index (χ4v) is 2.69. The molecule has 0 aliphatic heterocycles. The molecule has 0 aliphatic carbocycles. The van der Waals surface area contributed by atoms with Gasteiger partial charge in [-0.1, -0.05) is 48.0 Å². The van der Waals surface area contributed by atoms with Gasteiger partial charge < -0.3 is 15.3 Å². The molecule has 0 bridgehead atoms. The normalized spacial score (nSPS) is 10.5. The maximum Gasteiger partial charge on any atom is 0.201 e. The van der Waals surface area contributed by atoms with Crippen LogP contribution >= 0.6 is 0 Å². The number of benzene rings is 3. The summed E-state index contributed by atoms with van der Waals surface area (Å²) in [6.07, 6.45) is 0. The third-order valence-electron chi connectivity index (χ3n) is 4.07. The number of ketones is 2. The van der Waals surface area contributed by atoms with Crippen molar-refractivity contribution in [3.8, 4) is 17.2 Å². The van der Waals surface area contributed by atoms with E-state index in [1.165, 1.54) is 12.1 Å². The van der Waals surface area contributed by atoms with Crippen molar-refractivity contribution in [3.63, 3.8) is 0 Å². The van der Waals surface area contributed by atoms with Crippen LogP contribution < -0.4 is 0 Å². The minimum Gasteiger partial charge on any atom is -0.504 e. The number of phenolic OH excluding ortho intramolecular Hbond substituents is 3. The fraction of sp³-hybridized carbons (Fsp3) is 0.0476. The zero-order valence-electron chi connectivity index (χ0n) is 13.9. The summed E-state index contributed by atoms with van der Waals surface area (Å²) in [5, 5.41) is 29.1. The Balaban J connectivity index is 2.13. The highest BCUT2D eigenvalue weighted by atomic mass is 16.3. The van der Waals surface area contributed by atoms with Crippen molar-refractivity contribution < 1.29 is 24.9 Å². The van der Waals surface area contributed by atoms with Crippen molar-refractivity contribution in [3.05, 3.63) is 88.5 Å². The van der Waals surface area contributed by atoms with Crippen LogP contribution in [-0.2, 0) is 0 Å². The molecule has 3 aromatic rings. The van der Waals surface area contributed by atoms with E-state index in [1.807, 2.05) is 0 Å². The summed E-state index contributed by atoms with van der Waals surface area (Å²) >= 11 is 0. The molecule has 0 unspecified atom stereocenters. The second kappa shape index (κ2) is 6.72. The summed E-state index contributed by atoms with van der Waals surface area (Å²) in [7, 11) is 0. The summed E-state index contributed by atoms with van der Waals surface area (Å²) in [6, 6.07) is 15.7. The van der Waals surface area contributed by atoms with Gasteiger partial charge in [-0.2, -0.15) is 0 Å². The summed E-state index contributed by atoms with van der Waals surface area (Å²) in [4.78, 5) is 25.8. The van der Waals surface area contributed by atoms with E-state index >= 15 is 0 Å². The van der Waals surface area contributed by atoms with Crippen molar-refractivity contribution in [2.24, 2.45) is 0 Å². The fourth-order valence-electron chi connectivity index (χ4n) is 2.69. The summed E-state index contributed by atoms with van der Waals surface area (Å²) in [5.74, 6) is -2.99. The van der Waals surface area contributed by atoms with Crippen LogP contribution in [0.4, 0.5) is 0 Å². The van der Waals surface area contributed by atoms with Crippen LogP contribution in [0, 0.1) is 6.92 Å². The Labute approximate surface area is 149 Å². The van der Waals surface area contributed by atoms with Gasteiger partial charge in [0.05, 0.1) is 5.56 Å². The van der Waals surface area contributed by atoms with Gasteiger partial charge in [0, 0.05) is 16.7 Å². The van der Waals surface area contributed by atoms with E-state index in [4.69, 9.17) is 0 Å². The standard InChI is InChI=1S/C21H16O5/c1-12-7-8-14(16(11-12)18(23)13-5-3-2-4-6-13)19(24)15-9-10-17(22)21(26)20(15)25/h2-11,22,25-26H,1H3. The second-order valence-corrected chi connectivity index (χ2v) is 5.90. The Kier molecular flexibility index (Phi) is 4.45. The molecule has 0 radical (unpaired) electrons. The predicted octanol–water partition coefficient (Wildman–Crippen LogP) is 3.57. The minimum absolute atomic E-state index is 0.102. The van der Waals surface area contributed by atoms with Crippen molar-refractivity contribution >= 4 is 11.6 Å². The summed E-state index contributed by atoms with van der Waals surface area (Å²) in [6.45, 7) is 1.81. The van der Waals surface area contributed by atoms with Crippen LogP contribution in [-0.4, -0.2) is 26.9 Å². The van der Waals surface area contributed by atoms with E-state index in [0.29, 0.717) is 5.56 Å². The number of carbonyl (C=O) groups is 2. The SMILES string of the molecule is Cc1ccc(C(=O)c2ccc(O)c(O)c2O)c(C(=O)c2ccccc2)c1. The number of phenols is 3. The molecule has 3 N–H and O–H groups in total. The van der Waals surface area contributed by atoms with Gasteiger partial charge in [-0.05, 0) is 25.1 Å². The molecule has 0 saturated carbocycles. The quantitative estimate of drug-likeness (QED) is 0.495. The van der Waals surface area contributed by atoms with Crippen molar-refractivity contribution in [2.45, 2.75) is 6.92 Å². The molecule has 0 aromatic heterocycles. The number of aryl methyl sites for hydroxylation is 1. The van der Waals surface area contributed by atoms with Crippen LogP contribution in [0.2, 0.25) is 0 Å². The lowest BCUT2D eigenvalue weighted by Gasteiger charge is -2.11. The average Bonchev–Trinajstić information content (AvgIpc) is 2.66. The van der Waals surface area contributed by atoms with Gasteiger partial charge in [-0.25, -0.2) is 0 Å². The predicted molar refractivity (Wildman–Crippen MR) is 95.9 cm³/mol. The van der Waals surface area contributed by atoms with Gasteiger partial charge in [-0.15, -0.1) is 0 Å². The molecule has 0 amide bonds. The zero-order chi connectivity index (χ0) is 18.8. The first-order valence-electron chi connectivity index (χ1n) is 7.89. The Morgan fingerprint density at radius 3 is 2.04 bits per heavy atom. The minimum atomic E-state index is -0.779. The number of carbonyl (C=O) groups excluding carboxylic acids is 2. The van der Waals surface area contributed by atoms with Crippen molar-refractivity contribution in [2.75, 3.05) is 0 Å². The lowest BCUT2D eigenvalue weighted by molar-refractivity contribution is 0.100. The van der Waals surface area contributed by atoms with Crippen LogP contribution in [0.3, 0.4) is 0 Å². The molecule has 0 spiro atoms. The Bertz CT molecular complexity index is 1010. The molecular weight excluding hydrogens is 332 g/mol. The highest BCUT2D eigenvalue weighted by Gasteiger charge is 2.23. The van der Waals surface area contributed by atoms with Crippen LogP contribution in [0.1, 0.15) is 37.4 Å². The maximum absolute atomic E-state index is 12.9. The van der Waals surface area contributed by atoms with E-state index in [2.05, 4.69) is 0 Å². The molecule has 0 aliphatic rings. The van der Waals surface area contributed by atoms with Crippen molar-refractivity contribution in [1.29, 1.82) is 0 Å². The molecule has 3 aromatic carbocycles. The second-order valence-electron chi connectivity index (χ2n) is 5.90. The number of aromatic hydroxyl groups is 3. The topological polar surface area (TPSA) is 94.8 Å². The first-order valence-corrected chi connectivity index (χ1v) is 7.89. The molecule has 3 rings (SSSR count). The molecule has 5 heteroatoms. The smallest absolute Gasteiger partial charge is 0.201 e. The average molecular weight is 348 g/mol. The van der Waals surface area contributed by atoms with Gasteiger partial charge in [-0.3, -0.25) is 9.59 Å². The lowest BCUT2D eigenvalue weighted by atomic mass is 9.91. The monoisotopic (exact) mass is 348 g/mol.